The molecule has 1 nitrogen and oxygen atoms in total. The van der Waals surface area contributed by atoms with Crippen LogP contribution in [-0.2, 0) is 4.79 Å². The minimum absolute atomic E-state index is 0.234. The first-order valence-corrected chi connectivity index (χ1v) is 7.44. The first kappa shape index (κ1) is 15.4. The van der Waals surface area contributed by atoms with Crippen molar-refractivity contribution in [3.8, 4) is 0 Å². The molecule has 0 saturated carbocycles. The standard InChI is InChI=1S/C12H24OS2/c1-7-9(2)11(8-14-10(3)13)15-12(4,5)6/h9,11H,7-8H2,1-6H3/t9?,11-/m0/s1. The quantitative estimate of drug-likeness (QED) is 0.725. The molecule has 0 aromatic heterocycles. The summed E-state index contributed by atoms with van der Waals surface area (Å²) in [5.41, 5.74) is 0. The van der Waals surface area contributed by atoms with E-state index in [4.69, 9.17) is 0 Å². The zero-order valence-electron chi connectivity index (χ0n) is 10.8. The maximum absolute atomic E-state index is 11.0. The molecule has 15 heavy (non-hydrogen) atoms. The first-order chi connectivity index (χ1) is 6.76. The summed E-state index contributed by atoms with van der Waals surface area (Å²) in [5, 5.41) is 0.821. The lowest BCUT2D eigenvalue weighted by Crippen LogP contribution is -2.24. The van der Waals surface area contributed by atoms with E-state index in [1.54, 1.807) is 6.92 Å². The summed E-state index contributed by atoms with van der Waals surface area (Å²) in [6.45, 7) is 12.9. The van der Waals surface area contributed by atoms with Crippen LogP contribution in [0.1, 0.15) is 48.0 Å². The van der Waals surface area contributed by atoms with Gasteiger partial charge in [0.15, 0.2) is 5.12 Å². The average molecular weight is 248 g/mol. The van der Waals surface area contributed by atoms with Crippen molar-refractivity contribution in [1.29, 1.82) is 0 Å². The van der Waals surface area contributed by atoms with Crippen molar-refractivity contribution in [2.45, 2.75) is 58.0 Å². The third-order valence-corrected chi connectivity index (χ3v) is 5.02. The van der Waals surface area contributed by atoms with Crippen LogP contribution < -0.4 is 0 Å². The number of rotatable bonds is 5. The van der Waals surface area contributed by atoms with Gasteiger partial charge in [0.25, 0.3) is 0 Å². The van der Waals surface area contributed by atoms with E-state index in [9.17, 15) is 4.79 Å². The van der Waals surface area contributed by atoms with Crippen molar-refractivity contribution in [1.82, 2.24) is 0 Å². The van der Waals surface area contributed by atoms with Crippen molar-refractivity contribution >= 4 is 28.6 Å². The molecule has 0 radical (unpaired) electrons. The lowest BCUT2D eigenvalue weighted by atomic mass is 10.1. The average Bonchev–Trinajstić information content (AvgIpc) is 2.08. The number of hydrogen-bond acceptors (Lipinski definition) is 3. The summed E-state index contributed by atoms with van der Waals surface area (Å²) in [5.74, 6) is 1.63. The Morgan fingerprint density at radius 2 is 1.87 bits per heavy atom. The highest BCUT2D eigenvalue weighted by Crippen LogP contribution is 2.35. The molecule has 0 saturated heterocycles. The van der Waals surface area contributed by atoms with Gasteiger partial charge in [-0.05, 0) is 5.92 Å². The summed E-state index contributed by atoms with van der Waals surface area (Å²) in [6, 6.07) is 0. The summed E-state index contributed by atoms with van der Waals surface area (Å²) < 4.78 is 0.283. The van der Waals surface area contributed by atoms with Gasteiger partial charge < -0.3 is 0 Å². The monoisotopic (exact) mass is 248 g/mol. The smallest absolute Gasteiger partial charge is 0.185 e. The van der Waals surface area contributed by atoms with Crippen LogP contribution in [0.4, 0.5) is 0 Å². The molecule has 0 bridgehead atoms. The number of hydrogen-bond donors (Lipinski definition) is 0. The van der Waals surface area contributed by atoms with E-state index in [1.165, 1.54) is 18.2 Å². The molecule has 0 spiro atoms. The van der Waals surface area contributed by atoms with Gasteiger partial charge in [0.1, 0.15) is 0 Å². The van der Waals surface area contributed by atoms with Gasteiger partial charge in [0.05, 0.1) is 0 Å². The molecular weight excluding hydrogens is 224 g/mol. The summed E-state index contributed by atoms with van der Waals surface area (Å²) >= 11 is 3.47. The molecule has 0 N–H and O–H groups in total. The van der Waals surface area contributed by atoms with E-state index in [1.807, 2.05) is 11.8 Å². The molecule has 1 unspecified atom stereocenters. The fraction of sp³-hybridized carbons (Fsp3) is 0.917. The van der Waals surface area contributed by atoms with Crippen LogP contribution in [-0.4, -0.2) is 20.9 Å². The Morgan fingerprint density at radius 1 is 1.33 bits per heavy atom. The van der Waals surface area contributed by atoms with Crippen molar-refractivity contribution in [2.24, 2.45) is 5.92 Å². The number of carbonyl (C=O) groups is 1. The highest BCUT2D eigenvalue weighted by molar-refractivity contribution is 8.14. The van der Waals surface area contributed by atoms with E-state index in [-0.39, 0.29) is 9.86 Å². The van der Waals surface area contributed by atoms with Crippen LogP contribution >= 0.6 is 23.5 Å². The molecule has 0 aliphatic carbocycles. The van der Waals surface area contributed by atoms with Crippen LogP contribution in [0.5, 0.6) is 0 Å². The normalized spacial score (nSPS) is 16.1. The fourth-order valence-electron chi connectivity index (χ4n) is 1.23. The molecule has 2 atom stereocenters. The second-order valence-electron chi connectivity index (χ2n) is 4.96. The largest absolute Gasteiger partial charge is 0.288 e. The molecule has 0 aromatic carbocycles. The second-order valence-corrected chi connectivity index (χ2v) is 8.22. The molecular formula is C12H24OS2. The van der Waals surface area contributed by atoms with Gasteiger partial charge in [-0.3, -0.25) is 4.79 Å². The van der Waals surface area contributed by atoms with Gasteiger partial charge in [0.2, 0.25) is 0 Å². The lowest BCUT2D eigenvalue weighted by Gasteiger charge is -2.29. The third-order valence-electron chi connectivity index (χ3n) is 2.23. The first-order valence-electron chi connectivity index (χ1n) is 5.57. The Labute approximate surface area is 103 Å². The summed E-state index contributed by atoms with van der Waals surface area (Å²) in [6.07, 6.45) is 1.19. The van der Waals surface area contributed by atoms with Gasteiger partial charge in [-0.1, -0.05) is 52.8 Å². The van der Waals surface area contributed by atoms with Crippen LogP contribution in [0.3, 0.4) is 0 Å². The Bertz CT molecular complexity index is 196. The molecule has 0 aliphatic rings. The van der Waals surface area contributed by atoms with Crippen LogP contribution in [0.15, 0.2) is 0 Å². The molecule has 0 rings (SSSR count). The predicted octanol–water partition coefficient (Wildman–Crippen LogP) is 4.21. The molecule has 0 aromatic rings. The molecule has 90 valence electrons. The molecule has 0 aliphatic heterocycles. The Kier molecular flexibility index (Phi) is 7.02. The predicted molar refractivity (Wildman–Crippen MR) is 73.7 cm³/mol. The van der Waals surface area contributed by atoms with Gasteiger partial charge in [-0.2, -0.15) is 11.8 Å². The zero-order chi connectivity index (χ0) is 12.1. The minimum atomic E-state index is 0.234. The van der Waals surface area contributed by atoms with Gasteiger partial charge >= 0.3 is 0 Å². The maximum Gasteiger partial charge on any atom is 0.185 e. The SMILES string of the molecule is CCC(C)[C@H](CSC(C)=O)SC(C)(C)C. The van der Waals surface area contributed by atoms with Gasteiger partial charge in [0, 0.05) is 22.7 Å². The fourth-order valence-corrected chi connectivity index (χ4v) is 3.77. The van der Waals surface area contributed by atoms with E-state index < -0.39 is 0 Å². The highest BCUT2D eigenvalue weighted by atomic mass is 32.2. The summed E-state index contributed by atoms with van der Waals surface area (Å²) in [7, 11) is 0. The maximum atomic E-state index is 11.0. The zero-order valence-corrected chi connectivity index (χ0v) is 12.4. The topological polar surface area (TPSA) is 17.1 Å². The molecule has 3 heteroatoms. The van der Waals surface area contributed by atoms with E-state index in [0.717, 1.165) is 5.75 Å². The third kappa shape index (κ3) is 8.21. The Balaban J connectivity index is 4.25. The molecule has 0 fully saturated rings. The van der Waals surface area contributed by atoms with Crippen LogP contribution in [0.25, 0.3) is 0 Å². The van der Waals surface area contributed by atoms with Crippen molar-refractivity contribution < 1.29 is 4.79 Å². The van der Waals surface area contributed by atoms with Crippen LogP contribution in [0, 0.1) is 5.92 Å². The van der Waals surface area contributed by atoms with Crippen molar-refractivity contribution in [2.75, 3.05) is 5.75 Å². The van der Waals surface area contributed by atoms with Gasteiger partial charge in [-0.15, -0.1) is 0 Å². The van der Waals surface area contributed by atoms with E-state index in [0.29, 0.717) is 11.2 Å². The van der Waals surface area contributed by atoms with E-state index in [2.05, 4.69) is 34.6 Å². The Morgan fingerprint density at radius 3 is 2.20 bits per heavy atom. The van der Waals surface area contributed by atoms with E-state index >= 15 is 0 Å². The van der Waals surface area contributed by atoms with Crippen molar-refractivity contribution in [3.05, 3.63) is 0 Å². The second kappa shape index (κ2) is 6.85. The molecule has 0 amide bonds. The minimum Gasteiger partial charge on any atom is -0.288 e. The lowest BCUT2D eigenvalue weighted by molar-refractivity contribution is -0.109. The number of thioether (sulfide) groups is 2. The molecule has 0 heterocycles. The Hall–Kier alpha value is 0.370. The van der Waals surface area contributed by atoms with Crippen LogP contribution in [0.2, 0.25) is 0 Å². The highest BCUT2D eigenvalue weighted by Gasteiger charge is 2.23. The van der Waals surface area contributed by atoms with Gasteiger partial charge in [-0.25, -0.2) is 0 Å². The summed E-state index contributed by atoms with van der Waals surface area (Å²) in [4.78, 5) is 11.0. The number of carbonyl (C=O) groups excluding carboxylic acids is 1. The van der Waals surface area contributed by atoms with Crippen molar-refractivity contribution in [3.63, 3.8) is 0 Å².